The Hall–Kier alpha value is -1.42. The van der Waals surface area contributed by atoms with Crippen LogP contribution in [0.2, 0.25) is 0 Å². The summed E-state index contributed by atoms with van der Waals surface area (Å²) in [5, 5.41) is 15.3. The third-order valence-corrected chi connectivity index (χ3v) is 2.25. The standard InChI is InChI=1S/C7H14N6S/c1-13(7(11)12-5-8)3-2-4-14-6(9)10/h2-4H2,1H3,(H3,9,10)(H2,11,12). The van der Waals surface area contributed by atoms with Gasteiger partial charge in [0, 0.05) is 19.3 Å². The molecule has 0 bridgehead atoms. The Balaban J connectivity index is 3.65. The number of aliphatic imine (C=N–C) groups is 1. The van der Waals surface area contributed by atoms with Gasteiger partial charge in [-0.05, 0) is 6.42 Å². The Labute approximate surface area is 87.5 Å². The van der Waals surface area contributed by atoms with Crippen LogP contribution in [0.1, 0.15) is 6.42 Å². The van der Waals surface area contributed by atoms with Crippen LogP contribution in [0, 0.1) is 16.9 Å². The van der Waals surface area contributed by atoms with Crippen molar-refractivity contribution in [1.29, 1.82) is 10.7 Å². The second kappa shape index (κ2) is 7.03. The van der Waals surface area contributed by atoms with Crippen molar-refractivity contribution in [1.82, 2.24) is 4.90 Å². The molecular formula is C7H14N6S. The van der Waals surface area contributed by atoms with Gasteiger partial charge in [0.15, 0.2) is 5.17 Å². The second-order valence-electron chi connectivity index (χ2n) is 2.56. The number of nitriles is 1. The highest BCUT2D eigenvalue weighted by atomic mass is 32.2. The maximum atomic E-state index is 8.24. The van der Waals surface area contributed by atoms with Gasteiger partial charge in [-0.1, -0.05) is 11.8 Å². The summed E-state index contributed by atoms with van der Waals surface area (Å²) in [5.41, 5.74) is 10.6. The van der Waals surface area contributed by atoms with Gasteiger partial charge in [-0.2, -0.15) is 5.26 Å². The Morgan fingerprint density at radius 2 is 2.29 bits per heavy atom. The van der Waals surface area contributed by atoms with Gasteiger partial charge in [-0.25, -0.2) is 0 Å². The third-order valence-electron chi connectivity index (χ3n) is 1.45. The average Bonchev–Trinajstić information content (AvgIpc) is 2.12. The lowest BCUT2D eigenvalue weighted by Crippen LogP contribution is -2.34. The van der Waals surface area contributed by atoms with Crippen molar-refractivity contribution in [2.45, 2.75) is 6.42 Å². The molecule has 0 amide bonds. The molecular weight excluding hydrogens is 200 g/mol. The van der Waals surface area contributed by atoms with Gasteiger partial charge >= 0.3 is 0 Å². The topological polar surface area (TPSA) is 115 Å². The van der Waals surface area contributed by atoms with E-state index in [1.807, 2.05) is 0 Å². The number of hydrogen-bond donors (Lipinski definition) is 3. The van der Waals surface area contributed by atoms with Crippen molar-refractivity contribution in [3.05, 3.63) is 0 Å². The van der Waals surface area contributed by atoms with Gasteiger partial charge in [0.25, 0.3) is 0 Å². The number of guanidine groups is 1. The van der Waals surface area contributed by atoms with Crippen LogP contribution in [0.5, 0.6) is 0 Å². The minimum Gasteiger partial charge on any atom is -0.379 e. The summed E-state index contributed by atoms with van der Waals surface area (Å²) in [7, 11) is 1.76. The first kappa shape index (κ1) is 12.6. The smallest absolute Gasteiger partial charge is 0.209 e. The quantitative estimate of drug-likeness (QED) is 0.258. The molecule has 0 aliphatic rings. The Morgan fingerprint density at radius 1 is 1.64 bits per heavy atom. The van der Waals surface area contributed by atoms with E-state index in [0.29, 0.717) is 6.54 Å². The Bertz CT molecular complexity index is 255. The third kappa shape index (κ3) is 6.14. The van der Waals surface area contributed by atoms with Gasteiger partial charge in [0.2, 0.25) is 12.2 Å². The van der Waals surface area contributed by atoms with Crippen LogP contribution in [0.25, 0.3) is 0 Å². The lowest BCUT2D eigenvalue weighted by Gasteiger charge is -2.16. The molecule has 14 heavy (non-hydrogen) atoms. The molecule has 0 atom stereocenters. The number of nitrogens with zero attached hydrogens (tertiary/aromatic N) is 3. The number of hydrogen-bond acceptors (Lipinski definition) is 4. The van der Waals surface area contributed by atoms with Crippen molar-refractivity contribution < 1.29 is 0 Å². The summed E-state index contributed by atoms with van der Waals surface area (Å²) in [6, 6.07) is 0. The summed E-state index contributed by atoms with van der Waals surface area (Å²) < 4.78 is 0. The van der Waals surface area contributed by atoms with Gasteiger partial charge in [0.05, 0.1) is 0 Å². The number of thioether (sulfide) groups is 1. The summed E-state index contributed by atoms with van der Waals surface area (Å²) in [6.45, 7) is 0.692. The molecule has 0 saturated carbocycles. The van der Waals surface area contributed by atoms with E-state index in [4.69, 9.17) is 22.1 Å². The largest absolute Gasteiger partial charge is 0.379 e. The van der Waals surface area contributed by atoms with Crippen molar-refractivity contribution in [2.75, 3.05) is 19.3 Å². The molecule has 78 valence electrons. The number of nitrogens with one attached hydrogen (secondary N) is 1. The van der Waals surface area contributed by atoms with Crippen molar-refractivity contribution in [2.24, 2.45) is 16.5 Å². The minimum atomic E-state index is 0.117. The zero-order chi connectivity index (χ0) is 11.0. The van der Waals surface area contributed by atoms with Crippen LogP contribution >= 0.6 is 11.8 Å². The monoisotopic (exact) mass is 214 g/mol. The SMILES string of the molecule is CN(CCCSC(=N)N)C(N)=NC#N. The van der Waals surface area contributed by atoms with Gasteiger partial charge < -0.3 is 16.4 Å². The normalized spacial score (nSPS) is 10.7. The molecule has 0 radical (unpaired) electrons. The maximum absolute atomic E-state index is 8.24. The first-order chi connectivity index (χ1) is 6.57. The van der Waals surface area contributed by atoms with Crippen molar-refractivity contribution >= 4 is 22.9 Å². The molecule has 0 aliphatic heterocycles. The maximum Gasteiger partial charge on any atom is 0.209 e. The molecule has 0 aromatic carbocycles. The van der Waals surface area contributed by atoms with E-state index >= 15 is 0 Å². The van der Waals surface area contributed by atoms with E-state index in [-0.39, 0.29) is 11.1 Å². The molecule has 0 heterocycles. The van der Waals surface area contributed by atoms with E-state index in [1.165, 1.54) is 11.8 Å². The molecule has 7 heteroatoms. The van der Waals surface area contributed by atoms with Crippen LogP contribution in [0.15, 0.2) is 4.99 Å². The predicted molar refractivity (Wildman–Crippen MR) is 58.9 cm³/mol. The van der Waals surface area contributed by atoms with Crippen LogP contribution in [0.3, 0.4) is 0 Å². The fourth-order valence-corrected chi connectivity index (χ4v) is 1.23. The van der Waals surface area contributed by atoms with E-state index in [0.717, 1.165) is 12.2 Å². The Morgan fingerprint density at radius 3 is 2.79 bits per heavy atom. The van der Waals surface area contributed by atoms with E-state index in [2.05, 4.69) is 4.99 Å². The summed E-state index contributed by atoms with van der Waals surface area (Å²) in [6.07, 6.45) is 2.45. The van der Waals surface area contributed by atoms with Crippen LogP contribution < -0.4 is 11.5 Å². The molecule has 0 spiro atoms. The molecule has 0 fully saturated rings. The Kier molecular flexibility index (Phi) is 6.32. The van der Waals surface area contributed by atoms with Crippen molar-refractivity contribution in [3.8, 4) is 6.19 Å². The number of rotatable bonds is 4. The van der Waals surface area contributed by atoms with E-state index < -0.39 is 0 Å². The average molecular weight is 214 g/mol. The molecule has 0 aromatic rings. The molecule has 0 unspecified atom stereocenters. The van der Waals surface area contributed by atoms with Gasteiger partial charge in [-0.3, -0.25) is 5.41 Å². The molecule has 0 saturated heterocycles. The van der Waals surface area contributed by atoms with Crippen molar-refractivity contribution in [3.63, 3.8) is 0 Å². The molecule has 6 nitrogen and oxygen atoms in total. The van der Waals surface area contributed by atoms with Gasteiger partial charge in [0.1, 0.15) is 0 Å². The van der Waals surface area contributed by atoms with E-state index in [1.54, 1.807) is 18.1 Å². The van der Waals surface area contributed by atoms with Gasteiger partial charge in [-0.15, -0.1) is 4.99 Å². The fraction of sp³-hybridized carbons (Fsp3) is 0.571. The number of amidine groups is 1. The van der Waals surface area contributed by atoms with Crippen LogP contribution in [-0.2, 0) is 0 Å². The van der Waals surface area contributed by atoms with Crippen LogP contribution in [0.4, 0.5) is 0 Å². The first-order valence-corrected chi connectivity index (χ1v) is 4.96. The molecule has 0 aromatic heterocycles. The zero-order valence-corrected chi connectivity index (χ0v) is 8.84. The molecule has 0 aliphatic carbocycles. The van der Waals surface area contributed by atoms with Crippen LogP contribution in [-0.4, -0.2) is 35.4 Å². The first-order valence-electron chi connectivity index (χ1n) is 3.98. The zero-order valence-electron chi connectivity index (χ0n) is 8.03. The lowest BCUT2D eigenvalue weighted by atomic mass is 10.4. The lowest BCUT2D eigenvalue weighted by molar-refractivity contribution is 0.498. The highest BCUT2D eigenvalue weighted by molar-refractivity contribution is 8.13. The second-order valence-corrected chi connectivity index (χ2v) is 3.69. The molecule has 0 rings (SSSR count). The predicted octanol–water partition coefficient (Wildman–Crippen LogP) is -0.269. The molecule has 5 N–H and O–H groups in total. The summed E-state index contributed by atoms with van der Waals surface area (Å²) in [4.78, 5) is 5.07. The highest BCUT2D eigenvalue weighted by Gasteiger charge is 2.01. The minimum absolute atomic E-state index is 0.117. The summed E-state index contributed by atoms with van der Waals surface area (Å²) >= 11 is 1.29. The van der Waals surface area contributed by atoms with E-state index in [9.17, 15) is 0 Å². The summed E-state index contributed by atoms with van der Waals surface area (Å²) in [5.74, 6) is 0.972. The highest BCUT2D eigenvalue weighted by Crippen LogP contribution is 2.01. The fourth-order valence-electron chi connectivity index (χ4n) is 0.735. The number of nitrogens with two attached hydrogens (primary N) is 2.